The number of nitrogens with two attached hydrogens (primary N) is 1. The Morgan fingerprint density at radius 3 is 3.00 bits per heavy atom. The van der Waals surface area contributed by atoms with Gasteiger partial charge in [0.05, 0.1) is 6.20 Å². The number of hydrogen-bond donors (Lipinski definition) is 3. The lowest BCUT2D eigenvalue weighted by Crippen LogP contribution is -2.10. The molecule has 0 saturated carbocycles. The van der Waals surface area contributed by atoms with Crippen molar-refractivity contribution in [2.24, 2.45) is 5.73 Å². The quantitative estimate of drug-likeness (QED) is 0.337. The predicted molar refractivity (Wildman–Crippen MR) is 47.9 cm³/mol. The summed E-state index contributed by atoms with van der Waals surface area (Å²) in [5.41, 5.74) is 6.53. The molecular formula is C8H8N4O. The van der Waals surface area contributed by atoms with E-state index in [9.17, 15) is 0 Å². The Bertz CT molecular complexity index is 474. The van der Waals surface area contributed by atoms with Crippen molar-refractivity contribution in [3.63, 3.8) is 0 Å². The number of benzene rings is 1. The van der Waals surface area contributed by atoms with Gasteiger partial charge in [0, 0.05) is 10.9 Å². The van der Waals surface area contributed by atoms with Gasteiger partial charge in [-0.3, -0.25) is 5.41 Å². The summed E-state index contributed by atoms with van der Waals surface area (Å²) in [6.45, 7) is 0. The second kappa shape index (κ2) is 2.48. The van der Waals surface area contributed by atoms with Crippen LogP contribution in [0.3, 0.4) is 0 Å². The zero-order valence-corrected chi connectivity index (χ0v) is 6.73. The minimum Gasteiger partial charge on any atom is -0.411 e. The highest BCUT2D eigenvalue weighted by Gasteiger charge is 2.03. The van der Waals surface area contributed by atoms with Crippen molar-refractivity contribution in [3.8, 4) is 0 Å². The zero-order valence-electron chi connectivity index (χ0n) is 6.73. The standard InChI is InChI=1S/C8H8N4O/c9-8(10)5-1-2-7-6(3-5)4-11-12(7)13/h1-4,13H,(H3,9,10). The van der Waals surface area contributed by atoms with E-state index in [0.29, 0.717) is 11.1 Å². The maximum atomic E-state index is 9.16. The van der Waals surface area contributed by atoms with Gasteiger partial charge in [-0.15, -0.1) is 9.94 Å². The zero-order chi connectivity index (χ0) is 9.42. The molecule has 0 amide bonds. The molecule has 13 heavy (non-hydrogen) atoms. The second-order valence-electron chi connectivity index (χ2n) is 2.72. The van der Waals surface area contributed by atoms with Gasteiger partial charge in [-0.2, -0.15) is 0 Å². The summed E-state index contributed by atoms with van der Waals surface area (Å²) in [5, 5.41) is 20.8. The van der Waals surface area contributed by atoms with E-state index in [0.717, 1.165) is 10.2 Å². The van der Waals surface area contributed by atoms with E-state index in [1.54, 1.807) is 18.2 Å². The third-order valence-corrected chi connectivity index (χ3v) is 1.86. The molecule has 66 valence electrons. The smallest absolute Gasteiger partial charge is 0.122 e. The minimum atomic E-state index is 0.00703. The molecule has 2 aromatic rings. The molecule has 1 heterocycles. The van der Waals surface area contributed by atoms with Crippen LogP contribution in [-0.2, 0) is 0 Å². The van der Waals surface area contributed by atoms with Crippen LogP contribution in [0.4, 0.5) is 0 Å². The highest BCUT2D eigenvalue weighted by molar-refractivity contribution is 5.98. The van der Waals surface area contributed by atoms with E-state index in [1.807, 2.05) is 0 Å². The fourth-order valence-corrected chi connectivity index (χ4v) is 1.19. The number of hydrogen-bond acceptors (Lipinski definition) is 3. The number of fused-ring (bicyclic) bond motifs is 1. The van der Waals surface area contributed by atoms with Crippen molar-refractivity contribution >= 4 is 16.7 Å². The Kier molecular flexibility index (Phi) is 1.45. The molecule has 0 bridgehead atoms. The Hall–Kier alpha value is -2.04. The average Bonchev–Trinajstić information content (AvgIpc) is 2.47. The number of nitrogens with zero attached hydrogens (tertiary/aromatic N) is 2. The second-order valence-corrected chi connectivity index (χ2v) is 2.72. The number of nitrogen functional groups attached to an aromatic ring is 1. The Morgan fingerprint density at radius 1 is 1.54 bits per heavy atom. The number of amidine groups is 1. The van der Waals surface area contributed by atoms with Crippen molar-refractivity contribution in [2.75, 3.05) is 0 Å². The predicted octanol–water partition coefficient (Wildman–Crippen LogP) is 0.558. The molecule has 0 saturated heterocycles. The number of rotatable bonds is 1. The fraction of sp³-hybridized carbons (Fsp3) is 0. The first kappa shape index (κ1) is 7.60. The molecule has 0 unspecified atom stereocenters. The Morgan fingerprint density at radius 2 is 2.31 bits per heavy atom. The van der Waals surface area contributed by atoms with Crippen molar-refractivity contribution < 1.29 is 5.21 Å². The third-order valence-electron chi connectivity index (χ3n) is 1.86. The molecule has 5 nitrogen and oxygen atoms in total. The maximum Gasteiger partial charge on any atom is 0.122 e. The molecule has 0 spiro atoms. The first-order chi connectivity index (χ1) is 6.18. The van der Waals surface area contributed by atoms with Crippen LogP contribution >= 0.6 is 0 Å². The summed E-state index contributed by atoms with van der Waals surface area (Å²) in [6, 6.07) is 5.04. The van der Waals surface area contributed by atoms with Crippen LogP contribution in [-0.4, -0.2) is 21.0 Å². The summed E-state index contributed by atoms with van der Waals surface area (Å²) in [7, 11) is 0. The number of aromatic nitrogens is 2. The molecule has 0 atom stereocenters. The minimum absolute atomic E-state index is 0.00703. The van der Waals surface area contributed by atoms with Gasteiger partial charge in [0.2, 0.25) is 0 Å². The summed E-state index contributed by atoms with van der Waals surface area (Å²) in [5.74, 6) is 0.00703. The van der Waals surface area contributed by atoms with E-state index in [-0.39, 0.29) is 5.84 Å². The Balaban J connectivity index is 2.70. The van der Waals surface area contributed by atoms with Crippen molar-refractivity contribution in [2.45, 2.75) is 0 Å². The average molecular weight is 176 g/mol. The van der Waals surface area contributed by atoms with Crippen molar-refractivity contribution in [1.82, 2.24) is 9.94 Å². The summed E-state index contributed by atoms with van der Waals surface area (Å²) >= 11 is 0. The van der Waals surface area contributed by atoms with Crippen LogP contribution in [0.5, 0.6) is 0 Å². The van der Waals surface area contributed by atoms with E-state index in [4.69, 9.17) is 16.4 Å². The summed E-state index contributed by atoms with van der Waals surface area (Å²) in [4.78, 5) is 0.791. The van der Waals surface area contributed by atoms with Gasteiger partial charge in [0.15, 0.2) is 0 Å². The van der Waals surface area contributed by atoms with Crippen LogP contribution in [0.1, 0.15) is 5.56 Å². The molecule has 1 aromatic heterocycles. The van der Waals surface area contributed by atoms with Gasteiger partial charge in [-0.05, 0) is 18.2 Å². The summed E-state index contributed by atoms with van der Waals surface area (Å²) in [6.07, 6.45) is 1.52. The van der Waals surface area contributed by atoms with Crippen LogP contribution in [0, 0.1) is 5.41 Å². The SMILES string of the molecule is N=C(N)c1ccc2c(cnn2O)c1. The van der Waals surface area contributed by atoms with Crippen LogP contribution in [0.25, 0.3) is 10.9 Å². The van der Waals surface area contributed by atoms with E-state index >= 15 is 0 Å². The lowest BCUT2D eigenvalue weighted by Gasteiger charge is -1.97. The molecule has 0 aliphatic heterocycles. The van der Waals surface area contributed by atoms with Gasteiger partial charge in [0.25, 0.3) is 0 Å². The fourth-order valence-electron chi connectivity index (χ4n) is 1.19. The van der Waals surface area contributed by atoms with E-state index in [2.05, 4.69) is 5.10 Å². The molecule has 0 radical (unpaired) electrons. The molecule has 1 aromatic carbocycles. The molecule has 2 rings (SSSR count). The van der Waals surface area contributed by atoms with Gasteiger partial charge in [-0.25, -0.2) is 0 Å². The first-order valence-corrected chi connectivity index (χ1v) is 3.70. The largest absolute Gasteiger partial charge is 0.411 e. The van der Waals surface area contributed by atoms with Gasteiger partial charge in [0.1, 0.15) is 11.4 Å². The molecule has 5 heteroatoms. The first-order valence-electron chi connectivity index (χ1n) is 3.70. The highest BCUT2D eigenvalue weighted by Crippen LogP contribution is 2.13. The monoisotopic (exact) mass is 176 g/mol. The van der Waals surface area contributed by atoms with E-state index < -0.39 is 0 Å². The molecule has 0 aliphatic rings. The third kappa shape index (κ3) is 1.10. The van der Waals surface area contributed by atoms with E-state index in [1.165, 1.54) is 6.20 Å². The summed E-state index contributed by atoms with van der Waals surface area (Å²) < 4.78 is 0. The molecular weight excluding hydrogens is 168 g/mol. The van der Waals surface area contributed by atoms with Crippen LogP contribution < -0.4 is 5.73 Å². The normalized spacial score (nSPS) is 10.5. The van der Waals surface area contributed by atoms with Gasteiger partial charge < -0.3 is 10.9 Å². The van der Waals surface area contributed by atoms with Crippen LogP contribution in [0.2, 0.25) is 0 Å². The Labute approximate surface area is 73.9 Å². The van der Waals surface area contributed by atoms with Crippen LogP contribution in [0.15, 0.2) is 24.4 Å². The number of nitrogens with one attached hydrogen (secondary N) is 1. The molecule has 4 N–H and O–H groups in total. The van der Waals surface area contributed by atoms with Gasteiger partial charge in [-0.1, -0.05) is 0 Å². The highest BCUT2D eigenvalue weighted by atomic mass is 16.5. The lowest BCUT2D eigenvalue weighted by molar-refractivity contribution is 0.161. The molecule has 0 aliphatic carbocycles. The topological polar surface area (TPSA) is 87.9 Å². The van der Waals surface area contributed by atoms with Gasteiger partial charge >= 0.3 is 0 Å². The lowest BCUT2D eigenvalue weighted by atomic mass is 10.1. The van der Waals surface area contributed by atoms with Crippen molar-refractivity contribution in [3.05, 3.63) is 30.0 Å². The van der Waals surface area contributed by atoms with Crippen molar-refractivity contribution in [1.29, 1.82) is 5.41 Å². The molecule has 0 fully saturated rings. The maximum absolute atomic E-state index is 9.16.